The van der Waals surface area contributed by atoms with Crippen molar-refractivity contribution in [3.05, 3.63) is 66.5 Å². The molecule has 4 atom stereocenters. The van der Waals surface area contributed by atoms with Crippen LogP contribution >= 0.6 is 0 Å². The van der Waals surface area contributed by atoms with E-state index < -0.39 is 66.5 Å². The molecule has 43 heavy (non-hydrogen) atoms. The number of hydrogen-bond acceptors (Lipinski definition) is 11. The fourth-order valence-corrected chi connectivity index (χ4v) is 4.21. The van der Waals surface area contributed by atoms with Gasteiger partial charge in [0.15, 0.2) is 23.6 Å². The molecular formula is C31H36N2O10. The number of carbonyl (C=O) groups is 5. The van der Waals surface area contributed by atoms with E-state index in [1.807, 2.05) is 18.2 Å². The van der Waals surface area contributed by atoms with Crippen molar-refractivity contribution in [2.75, 3.05) is 13.7 Å². The molecule has 12 heteroatoms. The van der Waals surface area contributed by atoms with E-state index in [-0.39, 0.29) is 30.0 Å². The van der Waals surface area contributed by atoms with E-state index in [0.29, 0.717) is 6.42 Å². The zero-order chi connectivity index (χ0) is 31.5. The van der Waals surface area contributed by atoms with Crippen LogP contribution in [0.1, 0.15) is 49.7 Å². The van der Waals surface area contributed by atoms with Gasteiger partial charge in [0.2, 0.25) is 5.75 Å². The smallest absolute Gasteiger partial charge is 0.332 e. The Hall–Kier alpha value is -4.74. The second-order valence-electron chi connectivity index (χ2n) is 10.1. The number of methoxy groups -OCH3 is 1. The Bertz CT molecular complexity index is 1330. The number of aromatic nitrogens is 1. The summed E-state index contributed by atoms with van der Waals surface area (Å²) in [6, 6.07) is 8.98. The molecule has 1 aromatic carbocycles. The molecule has 0 saturated carbocycles. The molecule has 1 aliphatic rings. The normalized spacial score (nSPS) is 20.4. The third-order valence-electron chi connectivity index (χ3n) is 6.54. The highest BCUT2D eigenvalue weighted by molar-refractivity contribution is 5.99. The van der Waals surface area contributed by atoms with Crippen molar-refractivity contribution in [3.63, 3.8) is 0 Å². The van der Waals surface area contributed by atoms with E-state index in [1.54, 1.807) is 32.1 Å². The number of rotatable bonds is 11. The maximum absolute atomic E-state index is 13.4. The number of benzene rings is 1. The number of hydrogen-bond donors (Lipinski definition) is 1. The highest BCUT2D eigenvalue weighted by atomic mass is 16.6. The standard InChI is InChI=1S/C31H36N2O10/c1-6-7-13-24(34)42-27-23(39-5)14-15-32-25(27)28(35)33-22-17-40-30(37)21(16-20-11-9-8-10-12-20)26(19(4)41-31(22)38)43-29(36)18(2)3/h6,8-12,14-15,18-19,21-22,26H,1,7,13,16-17H2,2-5H3,(H,33,35)/t19-,21+,22-,26-/m0/s1. The minimum absolute atomic E-state index is 0.00189. The molecule has 2 aromatic rings. The highest BCUT2D eigenvalue weighted by Crippen LogP contribution is 2.30. The van der Waals surface area contributed by atoms with E-state index in [4.69, 9.17) is 23.7 Å². The van der Waals surface area contributed by atoms with Crippen LogP contribution in [0, 0.1) is 11.8 Å². The van der Waals surface area contributed by atoms with E-state index in [2.05, 4.69) is 16.9 Å². The van der Waals surface area contributed by atoms with Gasteiger partial charge in [-0.15, -0.1) is 6.58 Å². The molecule has 230 valence electrons. The lowest BCUT2D eigenvalue weighted by Crippen LogP contribution is -2.47. The molecule has 1 aliphatic heterocycles. The van der Waals surface area contributed by atoms with Crippen LogP contribution in [0.4, 0.5) is 0 Å². The summed E-state index contributed by atoms with van der Waals surface area (Å²) in [5.74, 6) is -5.55. The minimum Gasteiger partial charge on any atom is -0.493 e. The molecule has 0 aliphatic carbocycles. The Morgan fingerprint density at radius 1 is 1.14 bits per heavy atom. The molecule has 1 amide bonds. The van der Waals surface area contributed by atoms with Crippen LogP contribution in [0.5, 0.6) is 11.5 Å². The maximum Gasteiger partial charge on any atom is 0.332 e. The Kier molecular flexibility index (Phi) is 11.8. The number of esters is 4. The fourth-order valence-electron chi connectivity index (χ4n) is 4.21. The van der Waals surface area contributed by atoms with Crippen LogP contribution in [0.15, 0.2) is 55.3 Å². The molecule has 0 unspecified atom stereocenters. The summed E-state index contributed by atoms with van der Waals surface area (Å²) in [6.45, 7) is 7.76. The SMILES string of the molecule is C=CCCC(=O)Oc1c(OC)ccnc1C(=O)N[C@H]1COC(=O)[C@H](Cc2ccccc2)[C@@H](OC(=O)C(C)C)[C@H](C)OC1=O. The molecule has 1 N–H and O–H groups in total. The fraction of sp³-hybridized carbons (Fsp3) is 0.419. The Morgan fingerprint density at radius 3 is 2.51 bits per heavy atom. The first-order chi connectivity index (χ1) is 20.5. The van der Waals surface area contributed by atoms with Gasteiger partial charge in [0.1, 0.15) is 18.6 Å². The van der Waals surface area contributed by atoms with Gasteiger partial charge in [-0.3, -0.25) is 19.2 Å². The van der Waals surface area contributed by atoms with Crippen molar-refractivity contribution >= 4 is 29.8 Å². The highest BCUT2D eigenvalue weighted by Gasteiger charge is 2.42. The number of ether oxygens (including phenoxy) is 5. The largest absolute Gasteiger partial charge is 0.493 e. The van der Waals surface area contributed by atoms with Gasteiger partial charge in [0, 0.05) is 18.7 Å². The summed E-state index contributed by atoms with van der Waals surface area (Å²) in [7, 11) is 1.32. The lowest BCUT2D eigenvalue weighted by Gasteiger charge is -2.29. The molecule has 1 fully saturated rings. The van der Waals surface area contributed by atoms with Crippen LogP contribution < -0.4 is 14.8 Å². The van der Waals surface area contributed by atoms with E-state index in [1.165, 1.54) is 26.3 Å². The van der Waals surface area contributed by atoms with Gasteiger partial charge < -0.3 is 29.0 Å². The molecule has 1 saturated heterocycles. The summed E-state index contributed by atoms with van der Waals surface area (Å²) >= 11 is 0. The number of cyclic esters (lactones) is 2. The average Bonchev–Trinajstić information content (AvgIpc) is 3.02. The number of nitrogens with one attached hydrogen (secondary N) is 1. The number of amides is 1. The maximum atomic E-state index is 13.4. The summed E-state index contributed by atoms with van der Waals surface area (Å²) in [5.41, 5.74) is 0.431. The minimum atomic E-state index is -1.46. The third kappa shape index (κ3) is 8.87. The van der Waals surface area contributed by atoms with Crippen LogP contribution in [0.3, 0.4) is 0 Å². The predicted octanol–water partition coefficient (Wildman–Crippen LogP) is 2.98. The lowest BCUT2D eigenvalue weighted by molar-refractivity contribution is -0.176. The molecule has 2 heterocycles. The Labute approximate surface area is 249 Å². The van der Waals surface area contributed by atoms with Gasteiger partial charge in [-0.2, -0.15) is 0 Å². The van der Waals surface area contributed by atoms with Crippen LogP contribution in [-0.4, -0.2) is 66.7 Å². The Balaban J connectivity index is 1.88. The zero-order valence-electron chi connectivity index (χ0n) is 24.6. The van der Waals surface area contributed by atoms with E-state index >= 15 is 0 Å². The topological polar surface area (TPSA) is 156 Å². The van der Waals surface area contributed by atoms with E-state index in [0.717, 1.165) is 5.56 Å². The second-order valence-corrected chi connectivity index (χ2v) is 10.1. The Morgan fingerprint density at radius 2 is 1.86 bits per heavy atom. The molecule has 1 aromatic heterocycles. The van der Waals surface area contributed by atoms with Crippen molar-refractivity contribution in [3.8, 4) is 11.5 Å². The number of nitrogens with zero attached hydrogens (tertiary/aromatic N) is 1. The monoisotopic (exact) mass is 596 g/mol. The van der Waals surface area contributed by atoms with Crippen LogP contribution in [0.25, 0.3) is 0 Å². The van der Waals surface area contributed by atoms with Crippen LogP contribution in [0.2, 0.25) is 0 Å². The quantitative estimate of drug-likeness (QED) is 0.231. The van der Waals surface area contributed by atoms with Crippen molar-refractivity contribution in [1.82, 2.24) is 10.3 Å². The average molecular weight is 597 g/mol. The molecule has 12 nitrogen and oxygen atoms in total. The van der Waals surface area contributed by atoms with Crippen molar-refractivity contribution in [1.29, 1.82) is 0 Å². The summed E-state index contributed by atoms with van der Waals surface area (Å²) in [6.07, 6.45) is 1.05. The van der Waals surface area contributed by atoms with Crippen molar-refractivity contribution in [2.24, 2.45) is 11.8 Å². The van der Waals surface area contributed by atoms with Gasteiger partial charge in [0.25, 0.3) is 5.91 Å². The molecule has 0 radical (unpaired) electrons. The van der Waals surface area contributed by atoms with Gasteiger partial charge in [-0.25, -0.2) is 9.78 Å². The molecule has 0 spiro atoms. The summed E-state index contributed by atoms with van der Waals surface area (Å²) in [5, 5.41) is 2.44. The second kappa shape index (κ2) is 15.5. The zero-order valence-corrected chi connectivity index (χ0v) is 24.6. The first-order valence-electron chi connectivity index (χ1n) is 13.8. The summed E-state index contributed by atoms with van der Waals surface area (Å²) < 4.78 is 27.4. The number of carbonyl (C=O) groups excluding carboxylic acids is 5. The van der Waals surface area contributed by atoms with Gasteiger partial charge in [0.05, 0.1) is 13.0 Å². The van der Waals surface area contributed by atoms with E-state index in [9.17, 15) is 24.0 Å². The van der Waals surface area contributed by atoms with Gasteiger partial charge in [-0.05, 0) is 25.3 Å². The molecule has 3 rings (SSSR count). The molecule has 0 bridgehead atoms. The third-order valence-corrected chi connectivity index (χ3v) is 6.54. The lowest BCUT2D eigenvalue weighted by atomic mass is 9.91. The first-order valence-corrected chi connectivity index (χ1v) is 13.8. The van der Waals surface area contributed by atoms with Gasteiger partial charge in [-0.1, -0.05) is 50.3 Å². The van der Waals surface area contributed by atoms with Crippen molar-refractivity contribution in [2.45, 2.75) is 58.3 Å². The molecular weight excluding hydrogens is 560 g/mol. The number of pyridine rings is 1. The van der Waals surface area contributed by atoms with Crippen LogP contribution in [-0.2, 0) is 39.8 Å². The van der Waals surface area contributed by atoms with Gasteiger partial charge >= 0.3 is 23.9 Å². The summed E-state index contributed by atoms with van der Waals surface area (Å²) in [4.78, 5) is 68.9. The predicted molar refractivity (Wildman–Crippen MR) is 152 cm³/mol. The van der Waals surface area contributed by atoms with Crippen molar-refractivity contribution < 1.29 is 47.7 Å². The number of allylic oxidation sites excluding steroid dienone is 1. The first kappa shape index (κ1) is 32.8.